The molecule has 2 amide bonds. The Hall–Kier alpha value is -2.88. The summed E-state index contributed by atoms with van der Waals surface area (Å²) in [6.07, 6.45) is 1.54. The Labute approximate surface area is 152 Å². The number of nitrogens with zero attached hydrogens (tertiary/aromatic N) is 3. The van der Waals surface area contributed by atoms with Crippen molar-refractivity contribution >= 4 is 23.8 Å². The van der Waals surface area contributed by atoms with Gasteiger partial charge in [-0.15, -0.1) is 10.2 Å². The quantitative estimate of drug-likeness (QED) is 0.622. The number of aromatic nitrogens is 3. The highest BCUT2D eigenvalue weighted by atomic mass is 32.2. The van der Waals surface area contributed by atoms with Crippen molar-refractivity contribution in [1.29, 1.82) is 0 Å². The average molecular weight is 377 g/mol. The fourth-order valence-electron chi connectivity index (χ4n) is 2.58. The highest BCUT2D eigenvalue weighted by Gasteiger charge is 2.39. The zero-order chi connectivity index (χ0) is 18.7. The summed E-state index contributed by atoms with van der Waals surface area (Å²) in [4.78, 5) is 24.5. The second kappa shape index (κ2) is 7.56. The molecule has 1 aliphatic heterocycles. The number of methoxy groups -OCH3 is 1. The molecule has 0 radical (unpaired) electrons. The molecule has 3 rings (SSSR count). The molecule has 0 spiro atoms. The molecular weight excluding hydrogens is 361 g/mol. The Morgan fingerprint density at radius 1 is 1.38 bits per heavy atom. The lowest BCUT2D eigenvalue weighted by atomic mass is 9.89. The third-order valence-corrected chi connectivity index (χ3v) is 4.81. The van der Waals surface area contributed by atoms with Crippen LogP contribution in [-0.4, -0.2) is 33.9 Å². The topological polar surface area (TPSA) is 98.1 Å². The third-order valence-electron chi connectivity index (χ3n) is 3.86. The number of ether oxygens (including phenoxy) is 1. The van der Waals surface area contributed by atoms with Gasteiger partial charge in [0.15, 0.2) is 5.16 Å². The highest BCUT2D eigenvalue weighted by Crippen LogP contribution is 2.33. The van der Waals surface area contributed by atoms with Crippen LogP contribution in [0.5, 0.6) is 0 Å². The monoisotopic (exact) mass is 377 g/mol. The maximum Gasteiger partial charge on any atom is 0.319 e. The van der Waals surface area contributed by atoms with E-state index in [2.05, 4.69) is 20.8 Å². The van der Waals surface area contributed by atoms with Gasteiger partial charge in [-0.25, -0.2) is 9.18 Å². The minimum Gasteiger partial charge on any atom is -0.468 e. The third kappa shape index (κ3) is 3.69. The van der Waals surface area contributed by atoms with Gasteiger partial charge in [0, 0.05) is 12.7 Å². The van der Waals surface area contributed by atoms with Crippen LogP contribution in [0, 0.1) is 11.7 Å². The van der Waals surface area contributed by atoms with Crippen LogP contribution in [0.25, 0.3) is 0 Å². The Morgan fingerprint density at radius 2 is 2.12 bits per heavy atom. The van der Waals surface area contributed by atoms with Crippen LogP contribution >= 0.6 is 11.8 Å². The molecule has 2 atom stereocenters. The number of carbonyl (C=O) groups excluding carboxylic acids is 2. The lowest BCUT2D eigenvalue weighted by Gasteiger charge is -2.33. The predicted molar refractivity (Wildman–Crippen MR) is 91.3 cm³/mol. The van der Waals surface area contributed by atoms with E-state index >= 15 is 0 Å². The average Bonchev–Trinajstić information content (AvgIpc) is 3.04. The van der Waals surface area contributed by atoms with Crippen LogP contribution < -0.4 is 10.6 Å². The summed E-state index contributed by atoms with van der Waals surface area (Å²) in [6.45, 7) is 0. The molecule has 2 N–H and O–H groups in total. The number of nitrogens with one attached hydrogen (secondary N) is 2. The van der Waals surface area contributed by atoms with E-state index in [4.69, 9.17) is 4.74 Å². The number of amides is 2. The van der Waals surface area contributed by atoms with Crippen molar-refractivity contribution in [3.8, 4) is 0 Å². The summed E-state index contributed by atoms with van der Waals surface area (Å²) in [5.74, 6) is -1.75. The van der Waals surface area contributed by atoms with Gasteiger partial charge >= 0.3 is 12.0 Å². The molecule has 26 heavy (non-hydrogen) atoms. The number of hydrogen-bond donors (Lipinski definition) is 2. The fraction of sp³-hybridized carbons (Fsp3) is 0.250. The molecule has 0 aliphatic carbocycles. The summed E-state index contributed by atoms with van der Waals surface area (Å²) in [6, 6.07) is 4.43. The smallest absolute Gasteiger partial charge is 0.319 e. The van der Waals surface area contributed by atoms with Crippen molar-refractivity contribution in [2.45, 2.75) is 11.2 Å². The van der Waals surface area contributed by atoms with E-state index in [1.165, 1.54) is 43.1 Å². The summed E-state index contributed by atoms with van der Waals surface area (Å²) in [5.41, 5.74) is 0.953. The van der Waals surface area contributed by atoms with Gasteiger partial charge in [-0.1, -0.05) is 23.9 Å². The van der Waals surface area contributed by atoms with E-state index in [-0.39, 0.29) is 0 Å². The lowest BCUT2D eigenvalue weighted by Crippen LogP contribution is -2.51. The van der Waals surface area contributed by atoms with Crippen molar-refractivity contribution in [1.82, 2.24) is 25.4 Å². The zero-order valence-corrected chi connectivity index (χ0v) is 14.8. The number of rotatable bonds is 4. The van der Waals surface area contributed by atoms with Gasteiger partial charge in [-0.3, -0.25) is 4.79 Å². The largest absolute Gasteiger partial charge is 0.468 e. The van der Waals surface area contributed by atoms with Gasteiger partial charge in [-0.05, 0) is 23.1 Å². The first-order chi connectivity index (χ1) is 12.5. The van der Waals surface area contributed by atoms with Crippen LogP contribution in [0.1, 0.15) is 11.6 Å². The molecule has 1 fully saturated rings. The minimum atomic E-state index is -0.816. The maximum atomic E-state index is 13.2. The molecule has 0 bridgehead atoms. The van der Waals surface area contributed by atoms with Crippen molar-refractivity contribution in [2.24, 2.45) is 13.0 Å². The number of urea groups is 1. The van der Waals surface area contributed by atoms with Crippen molar-refractivity contribution in [3.05, 3.63) is 53.1 Å². The Balaban J connectivity index is 1.96. The zero-order valence-electron chi connectivity index (χ0n) is 14.0. The number of halogens is 1. The molecular formula is C16H16FN5O3S. The Morgan fingerprint density at radius 3 is 2.73 bits per heavy atom. The molecule has 136 valence electrons. The SMILES string of the molecule is COC(=O)[C@H]1/C(=C\Sc2nncn2C)NC(=O)N[C@@H]1c1ccc(F)cc1. The number of aryl methyl sites for hydroxylation is 1. The van der Waals surface area contributed by atoms with Crippen molar-refractivity contribution in [3.63, 3.8) is 0 Å². The molecule has 0 saturated carbocycles. The summed E-state index contributed by atoms with van der Waals surface area (Å²) < 4.78 is 19.8. The van der Waals surface area contributed by atoms with Gasteiger partial charge in [0.1, 0.15) is 18.1 Å². The molecule has 10 heteroatoms. The molecule has 1 aromatic heterocycles. The fourth-order valence-corrected chi connectivity index (χ4v) is 3.33. The van der Waals surface area contributed by atoms with Gasteiger partial charge in [0.05, 0.1) is 13.2 Å². The Kier molecular flexibility index (Phi) is 5.21. The maximum absolute atomic E-state index is 13.2. The molecule has 1 aromatic carbocycles. The normalized spacial score (nSPS) is 21.2. The van der Waals surface area contributed by atoms with E-state index in [0.717, 1.165) is 0 Å². The lowest BCUT2D eigenvalue weighted by molar-refractivity contribution is -0.145. The van der Waals surface area contributed by atoms with E-state index in [0.29, 0.717) is 16.4 Å². The molecule has 2 aromatic rings. The first-order valence-electron chi connectivity index (χ1n) is 7.61. The Bertz CT molecular complexity index is 852. The van der Waals surface area contributed by atoms with E-state index in [9.17, 15) is 14.0 Å². The number of thioether (sulfide) groups is 1. The second-order valence-corrected chi connectivity index (χ2v) is 6.38. The first kappa shape index (κ1) is 17.9. The number of esters is 1. The number of carbonyl (C=O) groups is 2. The minimum absolute atomic E-state index is 0.364. The van der Waals surface area contributed by atoms with E-state index in [1.54, 1.807) is 23.4 Å². The molecule has 1 saturated heterocycles. The predicted octanol–water partition coefficient (Wildman–Crippen LogP) is 1.73. The molecule has 2 heterocycles. The van der Waals surface area contributed by atoms with Crippen molar-refractivity contribution in [2.75, 3.05) is 7.11 Å². The van der Waals surface area contributed by atoms with E-state index < -0.39 is 29.8 Å². The van der Waals surface area contributed by atoms with Crippen LogP contribution in [0.15, 0.2) is 46.9 Å². The van der Waals surface area contributed by atoms with Gasteiger partial charge < -0.3 is 19.9 Å². The van der Waals surface area contributed by atoms with Gasteiger partial charge in [0.2, 0.25) is 0 Å². The number of hydrogen-bond acceptors (Lipinski definition) is 6. The summed E-state index contributed by atoms with van der Waals surface area (Å²) >= 11 is 1.21. The number of benzene rings is 1. The highest BCUT2D eigenvalue weighted by molar-refractivity contribution is 8.02. The van der Waals surface area contributed by atoms with Crippen LogP contribution in [0.3, 0.4) is 0 Å². The van der Waals surface area contributed by atoms with E-state index in [1.807, 2.05) is 0 Å². The molecule has 1 aliphatic rings. The van der Waals surface area contributed by atoms with Gasteiger partial charge in [-0.2, -0.15) is 0 Å². The van der Waals surface area contributed by atoms with Crippen LogP contribution in [0.4, 0.5) is 9.18 Å². The first-order valence-corrected chi connectivity index (χ1v) is 8.49. The summed E-state index contributed by atoms with van der Waals surface area (Å²) in [7, 11) is 3.05. The standard InChI is InChI=1S/C16H16FN5O3S/c1-22-8-18-21-16(22)26-7-11-12(14(23)25-2)13(20-15(24)19-11)9-3-5-10(17)6-4-9/h3-8,12-13H,1-2H3,(H2,19,20,24)/b11-7+/t12-,13+/m0/s1. The molecule has 8 nitrogen and oxygen atoms in total. The molecule has 0 unspecified atom stereocenters. The van der Waals surface area contributed by atoms with Crippen LogP contribution in [0.2, 0.25) is 0 Å². The van der Waals surface area contributed by atoms with Crippen molar-refractivity contribution < 1.29 is 18.7 Å². The van der Waals surface area contributed by atoms with Gasteiger partial charge in [0.25, 0.3) is 0 Å². The van der Waals surface area contributed by atoms with Crippen LogP contribution in [-0.2, 0) is 16.6 Å². The second-order valence-electron chi connectivity index (χ2n) is 5.54. The summed E-state index contributed by atoms with van der Waals surface area (Å²) in [5, 5.41) is 15.3.